The Morgan fingerprint density at radius 3 is 2.74 bits per heavy atom. The third-order valence-electron chi connectivity index (χ3n) is 4.93. The van der Waals surface area contributed by atoms with E-state index in [1.807, 2.05) is 12.3 Å². The van der Waals surface area contributed by atoms with E-state index in [2.05, 4.69) is 0 Å². The van der Waals surface area contributed by atoms with Crippen LogP contribution in [0, 0.1) is 12.3 Å². The molecule has 2 aliphatic heterocycles. The summed E-state index contributed by atoms with van der Waals surface area (Å²) in [4.78, 5) is 26.4. The van der Waals surface area contributed by atoms with Gasteiger partial charge in [-0.2, -0.15) is 0 Å². The number of hydrogen-bond donors (Lipinski definition) is 1. The smallest absolute Gasteiger partial charge is 0.305 e. The fraction of sp³-hybridized carbons (Fsp3) is 0.625. The van der Waals surface area contributed by atoms with Crippen LogP contribution in [0.2, 0.25) is 5.02 Å². The molecule has 1 aromatic rings. The molecule has 7 heteroatoms. The van der Waals surface area contributed by atoms with Crippen molar-refractivity contribution in [1.29, 1.82) is 0 Å². The SMILES string of the molecule is Cc1csc(C(=O)N2CC3(CCOCC3)CC2CC(=O)O)c1Cl. The van der Waals surface area contributed by atoms with E-state index >= 15 is 0 Å². The highest BCUT2D eigenvalue weighted by molar-refractivity contribution is 7.13. The lowest BCUT2D eigenvalue weighted by Gasteiger charge is -2.33. The molecule has 1 aromatic heterocycles. The van der Waals surface area contributed by atoms with E-state index in [1.165, 1.54) is 11.3 Å². The van der Waals surface area contributed by atoms with Crippen molar-refractivity contribution in [2.45, 2.75) is 38.6 Å². The number of carbonyl (C=O) groups excluding carboxylic acids is 1. The predicted molar refractivity (Wildman–Crippen MR) is 88.2 cm³/mol. The van der Waals surface area contributed by atoms with Crippen molar-refractivity contribution in [1.82, 2.24) is 4.90 Å². The fourth-order valence-electron chi connectivity index (χ4n) is 3.66. The Labute approximate surface area is 144 Å². The summed E-state index contributed by atoms with van der Waals surface area (Å²) < 4.78 is 5.44. The van der Waals surface area contributed by atoms with Crippen LogP contribution in [0.3, 0.4) is 0 Å². The average molecular weight is 358 g/mol. The molecule has 0 aliphatic carbocycles. The number of carboxylic acid groups (broad SMARTS) is 1. The third-order valence-corrected chi connectivity index (χ3v) is 6.62. The Balaban J connectivity index is 1.86. The lowest BCUT2D eigenvalue weighted by molar-refractivity contribution is -0.138. The summed E-state index contributed by atoms with van der Waals surface area (Å²) in [6, 6.07) is -0.267. The lowest BCUT2D eigenvalue weighted by Crippen LogP contribution is -2.38. The van der Waals surface area contributed by atoms with E-state index in [0.29, 0.717) is 29.7 Å². The molecule has 1 amide bonds. The number of nitrogens with zero attached hydrogens (tertiary/aromatic N) is 1. The zero-order chi connectivity index (χ0) is 16.6. The van der Waals surface area contributed by atoms with Gasteiger partial charge in [-0.25, -0.2) is 0 Å². The van der Waals surface area contributed by atoms with Gasteiger partial charge in [-0.05, 0) is 42.5 Å². The molecule has 0 bridgehead atoms. The van der Waals surface area contributed by atoms with Crippen LogP contribution in [0.15, 0.2) is 5.38 Å². The molecule has 23 heavy (non-hydrogen) atoms. The molecule has 2 fully saturated rings. The summed E-state index contributed by atoms with van der Waals surface area (Å²) in [5.74, 6) is -1.01. The second-order valence-electron chi connectivity index (χ2n) is 6.56. The molecule has 5 nitrogen and oxygen atoms in total. The number of hydrogen-bond acceptors (Lipinski definition) is 4. The van der Waals surface area contributed by atoms with Gasteiger partial charge >= 0.3 is 5.97 Å². The van der Waals surface area contributed by atoms with Crippen LogP contribution < -0.4 is 0 Å². The zero-order valence-corrected chi connectivity index (χ0v) is 14.6. The van der Waals surface area contributed by atoms with E-state index in [4.69, 9.17) is 16.3 Å². The van der Waals surface area contributed by atoms with Crippen LogP contribution in [0.5, 0.6) is 0 Å². The number of carboxylic acids is 1. The van der Waals surface area contributed by atoms with Crippen molar-refractivity contribution >= 4 is 34.8 Å². The summed E-state index contributed by atoms with van der Waals surface area (Å²) in [5, 5.41) is 11.6. The molecular formula is C16H20ClNO4S. The van der Waals surface area contributed by atoms with Crippen molar-refractivity contribution in [2.75, 3.05) is 19.8 Å². The molecular weight excluding hydrogens is 338 g/mol. The fourth-order valence-corrected chi connectivity index (χ4v) is 4.89. The number of halogens is 1. The summed E-state index contributed by atoms with van der Waals surface area (Å²) in [5.41, 5.74) is 0.877. The quantitative estimate of drug-likeness (QED) is 0.902. The Bertz CT molecular complexity index is 624. The molecule has 0 radical (unpaired) electrons. The topological polar surface area (TPSA) is 66.8 Å². The molecule has 0 saturated carbocycles. The Hall–Kier alpha value is -1.11. The summed E-state index contributed by atoms with van der Waals surface area (Å²) in [6.07, 6.45) is 2.47. The largest absolute Gasteiger partial charge is 0.481 e. The normalized spacial score (nSPS) is 23.4. The first-order valence-corrected chi connectivity index (χ1v) is 9.02. The van der Waals surface area contributed by atoms with Gasteiger partial charge in [-0.15, -0.1) is 11.3 Å². The van der Waals surface area contributed by atoms with Crippen LogP contribution in [0.1, 0.15) is 40.9 Å². The lowest BCUT2D eigenvalue weighted by atomic mass is 9.78. The highest BCUT2D eigenvalue weighted by atomic mass is 35.5. The highest BCUT2D eigenvalue weighted by Gasteiger charge is 2.47. The maximum Gasteiger partial charge on any atom is 0.305 e. The van der Waals surface area contributed by atoms with Crippen LogP contribution in [-0.4, -0.2) is 47.7 Å². The third kappa shape index (κ3) is 3.25. The first-order valence-electron chi connectivity index (χ1n) is 7.76. The molecule has 126 valence electrons. The highest BCUT2D eigenvalue weighted by Crippen LogP contribution is 2.45. The first kappa shape index (κ1) is 16.7. The maximum absolute atomic E-state index is 12.9. The van der Waals surface area contributed by atoms with E-state index < -0.39 is 5.97 Å². The standard InChI is InChI=1S/C16H20ClNO4S/c1-10-8-23-14(13(10)17)15(21)18-9-16(2-4-22-5-3-16)7-11(18)6-12(19)20/h8,11H,2-7,9H2,1H3,(H,19,20). The summed E-state index contributed by atoms with van der Waals surface area (Å²) in [7, 11) is 0. The van der Waals surface area contributed by atoms with E-state index in [1.54, 1.807) is 4.90 Å². The Kier molecular flexibility index (Phi) is 4.67. The number of carbonyl (C=O) groups is 2. The van der Waals surface area contributed by atoms with Crippen molar-refractivity contribution in [3.63, 3.8) is 0 Å². The number of rotatable bonds is 3. The first-order chi connectivity index (χ1) is 10.9. The van der Waals surface area contributed by atoms with Crippen molar-refractivity contribution in [3.05, 3.63) is 20.8 Å². The van der Waals surface area contributed by atoms with Crippen molar-refractivity contribution in [2.24, 2.45) is 5.41 Å². The van der Waals surface area contributed by atoms with Gasteiger partial charge in [0.2, 0.25) is 0 Å². The van der Waals surface area contributed by atoms with Crippen LogP contribution >= 0.6 is 22.9 Å². The number of aryl methyl sites for hydroxylation is 1. The molecule has 1 N–H and O–H groups in total. The summed E-state index contributed by atoms with van der Waals surface area (Å²) in [6.45, 7) is 3.83. The zero-order valence-electron chi connectivity index (χ0n) is 13.0. The molecule has 3 heterocycles. The monoisotopic (exact) mass is 357 g/mol. The molecule has 2 saturated heterocycles. The van der Waals surface area contributed by atoms with E-state index in [0.717, 1.165) is 24.8 Å². The van der Waals surface area contributed by atoms with Gasteiger partial charge in [0.25, 0.3) is 5.91 Å². The van der Waals surface area contributed by atoms with Gasteiger partial charge in [-0.1, -0.05) is 11.6 Å². The summed E-state index contributed by atoms with van der Waals surface area (Å²) >= 11 is 7.57. The van der Waals surface area contributed by atoms with Gasteiger partial charge in [0, 0.05) is 25.8 Å². The predicted octanol–water partition coefficient (Wildman–Crippen LogP) is 3.20. The maximum atomic E-state index is 12.9. The molecule has 2 aliphatic rings. The Morgan fingerprint density at radius 1 is 1.48 bits per heavy atom. The minimum Gasteiger partial charge on any atom is -0.481 e. The van der Waals surface area contributed by atoms with Crippen molar-refractivity contribution in [3.8, 4) is 0 Å². The van der Waals surface area contributed by atoms with Crippen LogP contribution in [0.4, 0.5) is 0 Å². The van der Waals surface area contributed by atoms with Gasteiger partial charge in [0.15, 0.2) is 0 Å². The average Bonchev–Trinajstić information content (AvgIpc) is 3.01. The number of likely N-dealkylation sites (tertiary alicyclic amines) is 1. The number of thiophene rings is 1. The second-order valence-corrected chi connectivity index (χ2v) is 7.82. The number of amides is 1. The van der Waals surface area contributed by atoms with Crippen LogP contribution in [0.25, 0.3) is 0 Å². The number of ether oxygens (including phenoxy) is 1. The molecule has 1 atom stereocenters. The van der Waals surface area contributed by atoms with Gasteiger partial charge in [0.05, 0.1) is 11.4 Å². The second kappa shape index (κ2) is 6.42. The van der Waals surface area contributed by atoms with Gasteiger partial charge in [0.1, 0.15) is 4.88 Å². The molecule has 1 spiro atoms. The van der Waals surface area contributed by atoms with Crippen LogP contribution in [-0.2, 0) is 9.53 Å². The van der Waals surface area contributed by atoms with E-state index in [9.17, 15) is 14.7 Å². The van der Waals surface area contributed by atoms with Gasteiger partial charge < -0.3 is 14.7 Å². The molecule has 1 unspecified atom stereocenters. The molecule has 0 aromatic carbocycles. The minimum atomic E-state index is -0.870. The van der Waals surface area contributed by atoms with Gasteiger partial charge in [-0.3, -0.25) is 9.59 Å². The van der Waals surface area contributed by atoms with E-state index in [-0.39, 0.29) is 23.8 Å². The number of aliphatic carboxylic acids is 1. The Morgan fingerprint density at radius 2 is 2.17 bits per heavy atom. The van der Waals surface area contributed by atoms with Crippen molar-refractivity contribution < 1.29 is 19.4 Å². The molecule has 3 rings (SSSR count). The minimum absolute atomic E-state index is 0.00714.